The molecule has 2 unspecified atom stereocenters. The second-order valence-corrected chi connectivity index (χ2v) is 7.63. The molecule has 3 aromatic rings. The molecule has 4 rings (SSSR count). The van der Waals surface area contributed by atoms with Gasteiger partial charge in [-0.1, -0.05) is 7.43 Å². The molecule has 6 N–H and O–H groups in total. The van der Waals surface area contributed by atoms with Gasteiger partial charge in [0.1, 0.15) is 0 Å². The Labute approximate surface area is 207 Å². The zero-order valence-corrected chi connectivity index (χ0v) is 20.2. The molecule has 0 spiro atoms. The fourth-order valence-electron chi connectivity index (χ4n) is 3.14. The highest BCUT2D eigenvalue weighted by Gasteiger charge is 2.23. The van der Waals surface area contributed by atoms with Gasteiger partial charge in [-0.15, -0.1) is 0 Å². The van der Waals surface area contributed by atoms with E-state index in [1.54, 1.807) is 28.1 Å². The van der Waals surface area contributed by atoms with E-state index in [1.807, 2.05) is 29.1 Å². The fraction of sp³-hybridized carbons (Fsp3) is 0.478. The van der Waals surface area contributed by atoms with Gasteiger partial charge in [-0.25, -0.2) is 9.59 Å². The number of aromatic amines is 4. The molecule has 1 fully saturated rings. The van der Waals surface area contributed by atoms with Crippen LogP contribution in [-0.2, 0) is 27.3 Å². The summed E-state index contributed by atoms with van der Waals surface area (Å²) in [5.41, 5.74) is 5.71. The van der Waals surface area contributed by atoms with Gasteiger partial charge in [0.05, 0.1) is 6.54 Å². The first-order valence-corrected chi connectivity index (χ1v) is 10.8. The highest BCUT2D eigenvalue weighted by molar-refractivity contribution is 5.15. The van der Waals surface area contributed by atoms with Gasteiger partial charge >= 0.3 is 11.4 Å². The molecule has 1 aliphatic rings. The van der Waals surface area contributed by atoms with Crippen LogP contribution in [0.25, 0.3) is 0 Å². The van der Waals surface area contributed by atoms with Gasteiger partial charge < -0.3 is 34.5 Å². The first-order valence-electron chi connectivity index (χ1n) is 10.8. The molecule has 1 saturated heterocycles. The number of ether oxygens (including phenoxy) is 3. The van der Waals surface area contributed by atoms with E-state index in [1.165, 1.54) is 0 Å². The SMILES string of the molecule is C.COC1CCC(OC)O1.Cc1c(CN)[nH]c(=O)[nH]c1=O.Cc1c(Cn2cccc2)[nH]c(=O)[nH]c1=O. The minimum absolute atomic E-state index is 0. The van der Waals surface area contributed by atoms with Crippen LogP contribution in [0.3, 0.4) is 0 Å². The maximum atomic E-state index is 11.3. The Morgan fingerprint density at radius 1 is 0.861 bits per heavy atom. The van der Waals surface area contributed by atoms with Crippen LogP contribution in [0.5, 0.6) is 0 Å². The zero-order chi connectivity index (χ0) is 26.0. The van der Waals surface area contributed by atoms with Gasteiger partial charge in [-0.05, 0) is 26.0 Å². The Balaban J connectivity index is 0.000000276. The largest absolute Gasteiger partial charge is 0.356 e. The van der Waals surface area contributed by atoms with Crippen molar-refractivity contribution >= 4 is 0 Å². The van der Waals surface area contributed by atoms with Crippen molar-refractivity contribution in [2.45, 2.75) is 59.8 Å². The third kappa shape index (κ3) is 8.92. The maximum Gasteiger partial charge on any atom is 0.325 e. The standard InChI is InChI=1S/C10H11N3O2.C6H9N3O2.C6H12O3.CH4/c1-7-8(6-13-4-2-3-5-13)11-10(15)12-9(7)14;1-3-4(2-7)8-6(11)9-5(3)10;1-7-5-3-4-6(8-2)9-5;/h2-5H,6H2,1H3,(H2,11,12,14,15);2,7H2,1H3,(H2,8,9,10,11);5-6H,3-4H2,1-2H3;1H4. The molecule has 0 saturated carbocycles. The lowest BCUT2D eigenvalue weighted by molar-refractivity contribution is -0.185. The van der Waals surface area contributed by atoms with Crippen LogP contribution in [0.4, 0.5) is 0 Å². The number of hydrogen-bond acceptors (Lipinski definition) is 8. The molecule has 13 heteroatoms. The Morgan fingerprint density at radius 3 is 1.72 bits per heavy atom. The van der Waals surface area contributed by atoms with Crippen LogP contribution in [-0.4, -0.2) is 51.3 Å². The fourth-order valence-corrected chi connectivity index (χ4v) is 3.14. The van der Waals surface area contributed by atoms with Crippen molar-refractivity contribution in [3.8, 4) is 0 Å². The van der Waals surface area contributed by atoms with Crippen LogP contribution in [0, 0.1) is 13.8 Å². The van der Waals surface area contributed by atoms with Gasteiger partial charge in [0.25, 0.3) is 11.1 Å². The van der Waals surface area contributed by atoms with E-state index >= 15 is 0 Å². The predicted molar refractivity (Wildman–Crippen MR) is 135 cm³/mol. The lowest BCUT2D eigenvalue weighted by Gasteiger charge is -2.09. The van der Waals surface area contributed by atoms with Crippen molar-refractivity contribution in [2.24, 2.45) is 5.73 Å². The van der Waals surface area contributed by atoms with Crippen LogP contribution in [0.1, 0.15) is 42.8 Å². The molecule has 0 bridgehead atoms. The minimum Gasteiger partial charge on any atom is -0.356 e. The molecule has 0 aromatic carbocycles. The Hall–Kier alpha value is -3.52. The summed E-state index contributed by atoms with van der Waals surface area (Å²) in [7, 11) is 3.28. The number of rotatable bonds is 5. The Bertz CT molecular complexity index is 1280. The number of nitrogens with two attached hydrogens (primary N) is 1. The minimum atomic E-state index is -0.513. The van der Waals surface area contributed by atoms with Gasteiger partial charge in [0, 0.05) is 68.5 Å². The Morgan fingerprint density at radius 2 is 1.31 bits per heavy atom. The molecule has 0 amide bonds. The normalized spacial score (nSPS) is 16.2. The topological polar surface area (TPSA) is 190 Å². The van der Waals surface area contributed by atoms with Crippen LogP contribution in [0.2, 0.25) is 0 Å². The van der Waals surface area contributed by atoms with Crippen molar-refractivity contribution < 1.29 is 14.2 Å². The van der Waals surface area contributed by atoms with E-state index < -0.39 is 11.4 Å². The second-order valence-electron chi connectivity index (χ2n) is 7.63. The number of nitrogens with zero attached hydrogens (tertiary/aromatic N) is 1. The summed E-state index contributed by atoms with van der Waals surface area (Å²) in [4.78, 5) is 53.2. The van der Waals surface area contributed by atoms with Crippen molar-refractivity contribution in [2.75, 3.05) is 14.2 Å². The van der Waals surface area contributed by atoms with Crippen LogP contribution >= 0.6 is 0 Å². The average molecular weight is 509 g/mol. The summed E-state index contributed by atoms with van der Waals surface area (Å²) in [6.45, 7) is 3.97. The number of hydrogen-bond donors (Lipinski definition) is 5. The van der Waals surface area contributed by atoms with Crippen molar-refractivity contribution in [3.05, 3.63) is 88.7 Å². The van der Waals surface area contributed by atoms with E-state index in [-0.39, 0.29) is 37.7 Å². The summed E-state index contributed by atoms with van der Waals surface area (Å²) in [5.74, 6) is 0. The number of nitrogens with one attached hydrogen (secondary N) is 4. The molecule has 0 radical (unpaired) electrons. The van der Waals surface area contributed by atoms with Gasteiger partial charge in [0.15, 0.2) is 12.6 Å². The molecule has 4 heterocycles. The van der Waals surface area contributed by atoms with E-state index in [0.717, 1.165) is 12.8 Å². The lowest BCUT2D eigenvalue weighted by atomic mass is 10.2. The molecule has 13 nitrogen and oxygen atoms in total. The summed E-state index contributed by atoms with van der Waals surface area (Å²) in [6.07, 6.45) is 5.53. The molecule has 0 aliphatic carbocycles. The first-order chi connectivity index (χ1) is 16.7. The molecular formula is C23H36N6O7. The van der Waals surface area contributed by atoms with E-state index in [2.05, 4.69) is 19.9 Å². The van der Waals surface area contributed by atoms with Crippen LogP contribution in [0.15, 0.2) is 43.7 Å². The van der Waals surface area contributed by atoms with Gasteiger partial charge in [0.2, 0.25) is 0 Å². The molecule has 36 heavy (non-hydrogen) atoms. The number of aromatic nitrogens is 5. The maximum absolute atomic E-state index is 11.3. The highest BCUT2D eigenvalue weighted by atomic mass is 16.8. The third-order valence-corrected chi connectivity index (χ3v) is 5.25. The van der Waals surface area contributed by atoms with Crippen molar-refractivity contribution in [1.82, 2.24) is 24.5 Å². The smallest absolute Gasteiger partial charge is 0.325 e. The molecule has 200 valence electrons. The summed E-state index contributed by atoms with van der Waals surface area (Å²) >= 11 is 0. The number of H-pyrrole nitrogens is 4. The van der Waals surface area contributed by atoms with Crippen molar-refractivity contribution in [1.29, 1.82) is 0 Å². The first kappa shape index (κ1) is 30.5. The average Bonchev–Trinajstić information content (AvgIpc) is 3.52. The zero-order valence-electron chi connectivity index (χ0n) is 20.2. The third-order valence-electron chi connectivity index (χ3n) is 5.25. The monoisotopic (exact) mass is 508 g/mol. The highest BCUT2D eigenvalue weighted by Crippen LogP contribution is 2.19. The quantitative estimate of drug-likeness (QED) is 0.328. The predicted octanol–water partition coefficient (Wildman–Crippen LogP) is 0.430. The molecule has 2 atom stereocenters. The molecule has 1 aliphatic heterocycles. The van der Waals surface area contributed by atoms with E-state index in [9.17, 15) is 19.2 Å². The van der Waals surface area contributed by atoms with Gasteiger partial charge in [-0.2, -0.15) is 0 Å². The van der Waals surface area contributed by atoms with Gasteiger partial charge in [-0.3, -0.25) is 19.6 Å². The molecule has 3 aromatic heterocycles. The lowest BCUT2D eigenvalue weighted by Crippen LogP contribution is -2.27. The van der Waals surface area contributed by atoms with Crippen LogP contribution < -0.4 is 28.2 Å². The van der Waals surface area contributed by atoms with Crippen molar-refractivity contribution in [3.63, 3.8) is 0 Å². The van der Waals surface area contributed by atoms with E-state index in [4.69, 9.17) is 19.9 Å². The summed E-state index contributed by atoms with van der Waals surface area (Å²) in [6, 6.07) is 3.78. The van der Waals surface area contributed by atoms with E-state index in [0.29, 0.717) is 29.1 Å². The molecular weight excluding hydrogens is 472 g/mol. The summed E-state index contributed by atoms with van der Waals surface area (Å²) in [5, 5.41) is 0. The number of methoxy groups -OCH3 is 2. The Kier molecular flexibility index (Phi) is 12.5. The second kappa shape index (κ2) is 14.8. The summed E-state index contributed by atoms with van der Waals surface area (Å²) < 4.78 is 17.0.